The number of ether oxygens (including phenoxy) is 2. The molecule has 0 spiro atoms. The molecular formula is C21H19ClN2O4. The molecule has 3 aromatic rings. The van der Waals surface area contributed by atoms with Crippen molar-refractivity contribution >= 4 is 17.6 Å². The summed E-state index contributed by atoms with van der Waals surface area (Å²) in [7, 11) is 0. The van der Waals surface area contributed by atoms with Crippen molar-refractivity contribution in [2.75, 3.05) is 6.61 Å². The normalized spacial score (nSPS) is 10.5. The van der Waals surface area contributed by atoms with Gasteiger partial charge >= 0.3 is 5.97 Å². The molecule has 144 valence electrons. The number of nitrogens with zero attached hydrogens (tertiary/aromatic N) is 2. The number of hydrogen-bond acceptors (Lipinski definition) is 5. The summed E-state index contributed by atoms with van der Waals surface area (Å²) in [4.78, 5) is 24.9. The van der Waals surface area contributed by atoms with Gasteiger partial charge in [0.25, 0.3) is 5.56 Å². The molecule has 0 amide bonds. The molecule has 7 heteroatoms. The minimum absolute atomic E-state index is 0.0593. The van der Waals surface area contributed by atoms with Crippen LogP contribution in [0.15, 0.2) is 59.4 Å². The van der Waals surface area contributed by atoms with Crippen molar-refractivity contribution in [1.29, 1.82) is 0 Å². The van der Waals surface area contributed by atoms with Crippen molar-refractivity contribution in [2.45, 2.75) is 20.5 Å². The van der Waals surface area contributed by atoms with Gasteiger partial charge < -0.3 is 9.47 Å². The first-order valence-electron chi connectivity index (χ1n) is 8.73. The lowest BCUT2D eigenvalue weighted by Gasteiger charge is -2.13. The Bertz CT molecular complexity index is 1030. The summed E-state index contributed by atoms with van der Waals surface area (Å²) in [5.74, 6) is -0.587. The second kappa shape index (κ2) is 8.71. The predicted molar refractivity (Wildman–Crippen MR) is 106 cm³/mol. The highest BCUT2D eigenvalue weighted by Gasteiger charge is 2.20. The van der Waals surface area contributed by atoms with E-state index >= 15 is 0 Å². The van der Waals surface area contributed by atoms with E-state index in [2.05, 4.69) is 5.10 Å². The van der Waals surface area contributed by atoms with Crippen LogP contribution in [0.3, 0.4) is 0 Å². The number of carbonyl (C=O) groups is 1. The van der Waals surface area contributed by atoms with Crippen molar-refractivity contribution in [1.82, 2.24) is 9.78 Å². The van der Waals surface area contributed by atoms with Crippen molar-refractivity contribution < 1.29 is 14.3 Å². The molecule has 0 unspecified atom stereocenters. The molecule has 2 aromatic carbocycles. The van der Waals surface area contributed by atoms with Crippen LogP contribution in [-0.2, 0) is 11.3 Å². The van der Waals surface area contributed by atoms with Crippen LogP contribution in [0.5, 0.6) is 5.75 Å². The first kappa shape index (κ1) is 19.6. The minimum Gasteiger partial charge on any atom is -0.486 e. The second-order valence-electron chi connectivity index (χ2n) is 6.08. The Hall–Kier alpha value is -3.12. The Morgan fingerprint density at radius 2 is 1.79 bits per heavy atom. The first-order valence-corrected chi connectivity index (χ1v) is 9.11. The number of esters is 1. The Morgan fingerprint density at radius 3 is 2.43 bits per heavy atom. The molecule has 0 aliphatic rings. The fraction of sp³-hybridized carbons (Fsp3) is 0.190. The molecule has 0 aliphatic heterocycles. The Kier molecular flexibility index (Phi) is 6.11. The first-order chi connectivity index (χ1) is 13.5. The Balaban J connectivity index is 1.97. The fourth-order valence-electron chi connectivity index (χ4n) is 2.50. The lowest BCUT2D eigenvalue weighted by atomic mass is 10.2. The monoisotopic (exact) mass is 398 g/mol. The number of benzene rings is 2. The van der Waals surface area contributed by atoms with Gasteiger partial charge in [-0.15, -0.1) is 0 Å². The Labute approximate surface area is 167 Å². The maximum absolute atomic E-state index is 12.6. The largest absolute Gasteiger partial charge is 0.486 e. The zero-order valence-corrected chi connectivity index (χ0v) is 16.3. The Morgan fingerprint density at radius 1 is 1.11 bits per heavy atom. The molecule has 0 radical (unpaired) electrons. The van der Waals surface area contributed by atoms with Crippen LogP contribution >= 0.6 is 11.6 Å². The molecule has 0 saturated heterocycles. The SMILES string of the molecule is CCOC(=O)c1nn(-c2ccc(C)cc2)c(=O)cc1OCc1ccc(Cl)cc1. The van der Waals surface area contributed by atoms with Crippen molar-refractivity contribution in [3.8, 4) is 11.4 Å². The standard InChI is InChI=1S/C21H19ClN2O4/c1-3-27-21(26)20-18(28-13-15-6-8-16(22)9-7-15)12-19(25)24(23-20)17-10-4-14(2)5-11-17/h4-12H,3,13H2,1-2H3. The van der Waals surface area contributed by atoms with Gasteiger partial charge in [-0.05, 0) is 43.7 Å². The summed E-state index contributed by atoms with van der Waals surface area (Å²) in [5, 5.41) is 4.81. The molecule has 28 heavy (non-hydrogen) atoms. The van der Waals surface area contributed by atoms with Crippen LogP contribution in [-0.4, -0.2) is 22.4 Å². The minimum atomic E-state index is -0.658. The smallest absolute Gasteiger partial charge is 0.362 e. The second-order valence-corrected chi connectivity index (χ2v) is 6.51. The third-order valence-electron chi connectivity index (χ3n) is 3.95. The van der Waals surface area contributed by atoms with Gasteiger partial charge in [0.15, 0.2) is 5.75 Å². The summed E-state index contributed by atoms with van der Waals surface area (Å²) in [6, 6.07) is 15.5. The van der Waals surface area contributed by atoms with Gasteiger partial charge in [0.05, 0.1) is 18.4 Å². The highest BCUT2D eigenvalue weighted by Crippen LogP contribution is 2.19. The van der Waals surface area contributed by atoms with E-state index in [9.17, 15) is 9.59 Å². The highest BCUT2D eigenvalue weighted by molar-refractivity contribution is 6.30. The van der Waals surface area contributed by atoms with Gasteiger partial charge in [-0.2, -0.15) is 9.78 Å². The average molecular weight is 399 g/mol. The average Bonchev–Trinajstić information content (AvgIpc) is 2.68. The van der Waals surface area contributed by atoms with E-state index in [0.29, 0.717) is 10.7 Å². The van der Waals surface area contributed by atoms with E-state index < -0.39 is 11.5 Å². The number of carbonyl (C=O) groups excluding carboxylic acids is 1. The molecule has 3 rings (SSSR count). The van der Waals surface area contributed by atoms with Gasteiger partial charge in [-0.25, -0.2) is 4.79 Å². The van der Waals surface area contributed by atoms with Gasteiger partial charge in [-0.1, -0.05) is 41.4 Å². The molecular weight excluding hydrogens is 380 g/mol. The molecule has 0 atom stereocenters. The van der Waals surface area contributed by atoms with Gasteiger partial charge in [0.2, 0.25) is 5.69 Å². The number of halogens is 1. The summed E-state index contributed by atoms with van der Waals surface area (Å²) < 4.78 is 11.9. The quantitative estimate of drug-likeness (QED) is 0.588. The number of hydrogen-bond donors (Lipinski definition) is 0. The van der Waals surface area contributed by atoms with E-state index in [0.717, 1.165) is 15.8 Å². The van der Waals surface area contributed by atoms with Crippen LogP contribution in [0.2, 0.25) is 5.02 Å². The molecule has 1 heterocycles. The van der Waals surface area contributed by atoms with Gasteiger partial charge in [0.1, 0.15) is 6.61 Å². The summed E-state index contributed by atoms with van der Waals surface area (Å²) in [5.41, 5.74) is 1.96. The van der Waals surface area contributed by atoms with Crippen LogP contribution in [0.4, 0.5) is 0 Å². The molecule has 1 aromatic heterocycles. The van der Waals surface area contributed by atoms with Crippen LogP contribution in [0, 0.1) is 6.92 Å². The van der Waals surface area contributed by atoms with E-state index in [1.165, 1.54) is 6.07 Å². The molecule has 0 N–H and O–H groups in total. The maximum atomic E-state index is 12.6. The van der Waals surface area contributed by atoms with Crippen LogP contribution in [0.25, 0.3) is 5.69 Å². The number of rotatable bonds is 6. The zero-order chi connectivity index (χ0) is 20.1. The van der Waals surface area contributed by atoms with Gasteiger partial charge in [0, 0.05) is 5.02 Å². The van der Waals surface area contributed by atoms with Crippen molar-refractivity contribution in [2.24, 2.45) is 0 Å². The molecule has 0 fully saturated rings. The number of aryl methyl sites for hydroxylation is 1. The molecule has 0 bridgehead atoms. The third kappa shape index (κ3) is 4.58. The van der Waals surface area contributed by atoms with Crippen LogP contribution < -0.4 is 10.3 Å². The lowest BCUT2D eigenvalue weighted by molar-refractivity contribution is 0.0511. The summed E-state index contributed by atoms with van der Waals surface area (Å²) in [6.07, 6.45) is 0. The van der Waals surface area contributed by atoms with E-state index in [1.807, 2.05) is 19.1 Å². The molecule has 0 saturated carbocycles. The van der Waals surface area contributed by atoms with Crippen LogP contribution in [0.1, 0.15) is 28.5 Å². The van der Waals surface area contributed by atoms with E-state index in [4.69, 9.17) is 21.1 Å². The lowest BCUT2D eigenvalue weighted by Crippen LogP contribution is -2.25. The topological polar surface area (TPSA) is 70.4 Å². The third-order valence-corrected chi connectivity index (χ3v) is 4.20. The maximum Gasteiger partial charge on any atom is 0.362 e. The fourth-order valence-corrected chi connectivity index (χ4v) is 2.63. The molecule has 6 nitrogen and oxygen atoms in total. The summed E-state index contributed by atoms with van der Waals surface area (Å²) >= 11 is 5.88. The van der Waals surface area contributed by atoms with Crippen molar-refractivity contribution in [3.63, 3.8) is 0 Å². The molecule has 0 aliphatic carbocycles. The number of aromatic nitrogens is 2. The summed E-state index contributed by atoms with van der Waals surface area (Å²) in [6.45, 7) is 3.97. The van der Waals surface area contributed by atoms with E-state index in [1.54, 1.807) is 43.3 Å². The van der Waals surface area contributed by atoms with Gasteiger partial charge in [-0.3, -0.25) is 4.79 Å². The van der Waals surface area contributed by atoms with E-state index in [-0.39, 0.29) is 24.7 Å². The zero-order valence-electron chi connectivity index (χ0n) is 15.5. The predicted octanol–water partition coefficient (Wildman–Crippen LogP) is 3.95. The highest BCUT2D eigenvalue weighted by atomic mass is 35.5. The van der Waals surface area contributed by atoms with Crippen molar-refractivity contribution in [3.05, 3.63) is 86.8 Å².